The molecule has 2 N–H and O–H groups in total. The number of para-hydroxylation sites is 1. The van der Waals surface area contributed by atoms with Gasteiger partial charge in [0.2, 0.25) is 0 Å². The minimum absolute atomic E-state index is 0.0799. The van der Waals surface area contributed by atoms with E-state index in [1.807, 2.05) is 64.2 Å². The summed E-state index contributed by atoms with van der Waals surface area (Å²) < 4.78 is 12.5. The zero-order valence-electron chi connectivity index (χ0n) is 19.8. The third-order valence-electron chi connectivity index (χ3n) is 6.14. The number of hydrogen-bond donors (Lipinski definition) is 1. The fourth-order valence-electron chi connectivity index (χ4n) is 4.45. The normalized spacial score (nSPS) is 14.6. The topological polar surface area (TPSA) is 125 Å². The maximum atomic E-state index is 11.8. The maximum Gasteiger partial charge on any atom is 0.327 e. The summed E-state index contributed by atoms with van der Waals surface area (Å²) in [6.07, 6.45) is 2.97. The Labute approximate surface area is 207 Å². The van der Waals surface area contributed by atoms with Crippen LogP contribution in [0.4, 0.5) is 5.82 Å². The van der Waals surface area contributed by atoms with E-state index < -0.39 is 11.9 Å². The first-order chi connectivity index (χ1) is 17.5. The molecule has 0 saturated carbocycles. The number of piperidine rings is 1. The molecule has 0 bridgehead atoms. The summed E-state index contributed by atoms with van der Waals surface area (Å²) in [7, 11) is 0. The molecule has 1 saturated heterocycles. The van der Waals surface area contributed by atoms with Gasteiger partial charge in [0.1, 0.15) is 29.3 Å². The molecule has 1 aliphatic heterocycles. The third-order valence-corrected chi connectivity index (χ3v) is 6.14. The van der Waals surface area contributed by atoms with Gasteiger partial charge in [0.05, 0.1) is 18.0 Å². The summed E-state index contributed by atoms with van der Waals surface area (Å²) in [5.41, 5.74) is 8.54. The standard InChI is InChI=1S/C26H26N6O4/c1-17(33)35-22(34)15-31-13-11-19(12-14-31)32-26-23(25(27)28-16-29-26)24(30-32)18-7-9-21(10-8-18)36-20-5-3-2-4-6-20/h2-10,16,19H,11-15H2,1H3,(H2,27,28,29). The minimum Gasteiger partial charge on any atom is -0.457 e. The van der Waals surface area contributed by atoms with E-state index in [1.54, 1.807) is 0 Å². The number of carbonyl (C=O) groups excluding carboxylic acids is 2. The summed E-state index contributed by atoms with van der Waals surface area (Å²) >= 11 is 0. The molecule has 5 rings (SSSR count). The van der Waals surface area contributed by atoms with E-state index in [9.17, 15) is 9.59 Å². The fraction of sp³-hybridized carbons (Fsp3) is 0.269. The second-order valence-electron chi connectivity index (χ2n) is 8.66. The largest absolute Gasteiger partial charge is 0.457 e. The van der Waals surface area contributed by atoms with E-state index in [2.05, 4.69) is 14.7 Å². The van der Waals surface area contributed by atoms with Crippen molar-refractivity contribution in [1.29, 1.82) is 0 Å². The van der Waals surface area contributed by atoms with Crippen LogP contribution in [-0.4, -0.2) is 56.2 Å². The number of benzene rings is 2. The first-order valence-corrected chi connectivity index (χ1v) is 11.7. The number of hydrogen-bond acceptors (Lipinski definition) is 9. The van der Waals surface area contributed by atoms with Crippen LogP contribution in [0.1, 0.15) is 25.8 Å². The van der Waals surface area contributed by atoms with Crippen molar-refractivity contribution in [3.05, 3.63) is 60.9 Å². The molecule has 0 aliphatic carbocycles. The second kappa shape index (κ2) is 10.1. The second-order valence-corrected chi connectivity index (χ2v) is 8.66. The lowest BCUT2D eigenvalue weighted by molar-refractivity contribution is -0.159. The first-order valence-electron chi connectivity index (χ1n) is 11.7. The van der Waals surface area contributed by atoms with E-state index in [-0.39, 0.29) is 12.6 Å². The van der Waals surface area contributed by atoms with Crippen molar-refractivity contribution in [2.75, 3.05) is 25.4 Å². The lowest BCUT2D eigenvalue weighted by atomic mass is 10.1. The summed E-state index contributed by atoms with van der Waals surface area (Å²) in [5, 5.41) is 5.63. The van der Waals surface area contributed by atoms with Gasteiger partial charge in [-0.1, -0.05) is 18.2 Å². The highest BCUT2D eigenvalue weighted by Gasteiger charge is 2.27. The lowest BCUT2D eigenvalue weighted by Crippen LogP contribution is -2.39. The zero-order valence-corrected chi connectivity index (χ0v) is 19.8. The van der Waals surface area contributed by atoms with Crippen LogP contribution in [0, 0.1) is 0 Å². The molecule has 0 spiro atoms. The Morgan fingerprint density at radius 3 is 2.39 bits per heavy atom. The van der Waals surface area contributed by atoms with Gasteiger partial charge < -0.3 is 15.2 Å². The number of ether oxygens (including phenoxy) is 2. The van der Waals surface area contributed by atoms with Crippen molar-refractivity contribution in [2.24, 2.45) is 0 Å². The Bertz CT molecular complexity index is 1380. The SMILES string of the molecule is CC(=O)OC(=O)CN1CCC(n2nc(-c3ccc(Oc4ccccc4)cc3)c3c(N)ncnc32)CC1. The molecule has 1 fully saturated rings. The van der Waals surface area contributed by atoms with Crippen LogP contribution in [0.3, 0.4) is 0 Å². The van der Waals surface area contributed by atoms with Gasteiger partial charge in [-0.2, -0.15) is 5.10 Å². The predicted molar refractivity (Wildman–Crippen MR) is 133 cm³/mol. The molecule has 36 heavy (non-hydrogen) atoms. The zero-order chi connectivity index (χ0) is 25.1. The number of nitrogen functional groups attached to an aromatic ring is 1. The summed E-state index contributed by atoms with van der Waals surface area (Å²) in [6.45, 7) is 2.65. The molecule has 0 radical (unpaired) electrons. The number of aromatic nitrogens is 4. The van der Waals surface area contributed by atoms with Gasteiger partial charge in [-0.05, 0) is 49.2 Å². The van der Waals surface area contributed by atoms with E-state index >= 15 is 0 Å². The Kier molecular flexibility index (Phi) is 6.59. The molecular weight excluding hydrogens is 460 g/mol. The van der Waals surface area contributed by atoms with E-state index in [1.165, 1.54) is 13.3 Å². The lowest BCUT2D eigenvalue weighted by Gasteiger charge is -2.31. The summed E-state index contributed by atoms with van der Waals surface area (Å²) in [6, 6.07) is 17.4. The smallest absolute Gasteiger partial charge is 0.327 e. The van der Waals surface area contributed by atoms with E-state index in [0.717, 1.165) is 24.2 Å². The van der Waals surface area contributed by atoms with Crippen LogP contribution >= 0.6 is 0 Å². The van der Waals surface area contributed by atoms with Crippen molar-refractivity contribution in [3.63, 3.8) is 0 Å². The van der Waals surface area contributed by atoms with Crippen molar-refractivity contribution in [1.82, 2.24) is 24.6 Å². The number of nitrogens with two attached hydrogens (primary N) is 1. The highest BCUT2D eigenvalue weighted by atomic mass is 16.6. The van der Waals surface area contributed by atoms with Gasteiger partial charge in [-0.15, -0.1) is 0 Å². The minimum atomic E-state index is -0.595. The molecular formula is C26H26N6O4. The Balaban J connectivity index is 1.37. The van der Waals surface area contributed by atoms with Crippen molar-refractivity contribution in [2.45, 2.75) is 25.8 Å². The predicted octanol–water partition coefficient (Wildman–Crippen LogP) is 3.59. The maximum absolute atomic E-state index is 11.8. The van der Waals surface area contributed by atoms with Gasteiger partial charge in [-0.3, -0.25) is 14.5 Å². The molecule has 0 unspecified atom stereocenters. The van der Waals surface area contributed by atoms with Crippen LogP contribution in [-0.2, 0) is 14.3 Å². The van der Waals surface area contributed by atoms with Crippen LogP contribution in [0.15, 0.2) is 60.9 Å². The number of likely N-dealkylation sites (tertiary alicyclic amines) is 1. The van der Waals surface area contributed by atoms with Crippen LogP contribution in [0.25, 0.3) is 22.3 Å². The molecule has 10 heteroatoms. The van der Waals surface area contributed by atoms with Gasteiger partial charge >= 0.3 is 11.9 Å². The monoisotopic (exact) mass is 486 g/mol. The number of esters is 2. The molecule has 3 heterocycles. The van der Waals surface area contributed by atoms with Crippen LogP contribution in [0.2, 0.25) is 0 Å². The van der Waals surface area contributed by atoms with Gasteiger partial charge in [0.15, 0.2) is 5.65 Å². The fourth-order valence-corrected chi connectivity index (χ4v) is 4.45. The molecule has 4 aromatic rings. The molecule has 0 atom stereocenters. The summed E-state index contributed by atoms with van der Waals surface area (Å²) in [4.78, 5) is 33.5. The number of carbonyl (C=O) groups is 2. The van der Waals surface area contributed by atoms with E-state index in [4.69, 9.17) is 15.6 Å². The quantitative estimate of drug-likeness (QED) is 0.321. The number of fused-ring (bicyclic) bond motifs is 1. The average Bonchev–Trinajstić information content (AvgIpc) is 3.26. The molecule has 10 nitrogen and oxygen atoms in total. The number of anilines is 1. The summed E-state index contributed by atoms with van der Waals surface area (Å²) in [5.74, 6) is 0.720. The third kappa shape index (κ3) is 5.03. The van der Waals surface area contributed by atoms with Crippen molar-refractivity contribution >= 4 is 28.8 Å². The molecule has 0 amide bonds. The van der Waals surface area contributed by atoms with Crippen molar-refractivity contribution in [3.8, 4) is 22.8 Å². The molecule has 2 aromatic carbocycles. The van der Waals surface area contributed by atoms with Crippen molar-refractivity contribution < 1.29 is 19.1 Å². The van der Waals surface area contributed by atoms with Crippen LogP contribution < -0.4 is 10.5 Å². The van der Waals surface area contributed by atoms with Crippen LogP contribution in [0.5, 0.6) is 11.5 Å². The first kappa shape index (κ1) is 23.4. The highest BCUT2D eigenvalue weighted by molar-refractivity contribution is 5.98. The Morgan fingerprint density at radius 1 is 1.00 bits per heavy atom. The molecule has 184 valence electrons. The van der Waals surface area contributed by atoms with Gasteiger partial charge in [-0.25, -0.2) is 14.6 Å². The highest BCUT2D eigenvalue weighted by Crippen LogP contribution is 2.35. The Hall–Kier alpha value is -4.31. The van der Waals surface area contributed by atoms with Gasteiger partial charge in [0.25, 0.3) is 0 Å². The molecule has 2 aromatic heterocycles. The Morgan fingerprint density at radius 2 is 1.69 bits per heavy atom. The average molecular weight is 487 g/mol. The number of rotatable bonds is 6. The molecule has 1 aliphatic rings. The van der Waals surface area contributed by atoms with E-state index in [0.29, 0.717) is 41.4 Å². The van der Waals surface area contributed by atoms with Gasteiger partial charge in [0, 0.05) is 25.6 Å². The number of nitrogens with zero attached hydrogens (tertiary/aromatic N) is 5.